The van der Waals surface area contributed by atoms with E-state index in [0.29, 0.717) is 5.92 Å². The van der Waals surface area contributed by atoms with Crippen LogP contribution in [0.3, 0.4) is 0 Å². The molecule has 1 unspecified atom stereocenters. The summed E-state index contributed by atoms with van der Waals surface area (Å²) in [4.78, 5) is 6.26. The van der Waals surface area contributed by atoms with Crippen LogP contribution in [0, 0.1) is 5.92 Å². The van der Waals surface area contributed by atoms with Crippen molar-refractivity contribution in [1.29, 1.82) is 0 Å². The maximum Gasteiger partial charge on any atom is 0.0910 e. The van der Waals surface area contributed by atoms with Crippen molar-refractivity contribution in [2.24, 2.45) is 5.92 Å². The van der Waals surface area contributed by atoms with Crippen LogP contribution in [0.2, 0.25) is 0 Å². The summed E-state index contributed by atoms with van der Waals surface area (Å²) in [6.45, 7) is 11.8. The van der Waals surface area contributed by atoms with E-state index in [9.17, 15) is 5.11 Å². The van der Waals surface area contributed by atoms with Gasteiger partial charge in [0, 0.05) is 30.1 Å². The highest BCUT2D eigenvalue weighted by Crippen LogP contribution is 2.33. The SMILES string of the molecule is CC(C)(CN1CCC(C(O)c2cccs2)CC1)N1CCOCC1. The first-order valence-corrected chi connectivity index (χ1v) is 9.71. The van der Waals surface area contributed by atoms with Crippen LogP contribution < -0.4 is 0 Å². The number of likely N-dealkylation sites (tertiary alicyclic amines) is 1. The van der Waals surface area contributed by atoms with Crippen LogP contribution in [0.4, 0.5) is 0 Å². The Kier molecular flexibility index (Phi) is 5.75. The molecule has 5 heteroatoms. The van der Waals surface area contributed by atoms with Crippen molar-refractivity contribution in [3.05, 3.63) is 22.4 Å². The summed E-state index contributed by atoms with van der Waals surface area (Å²) in [6, 6.07) is 4.09. The van der Waals surface area contributed by atoms with Crippen molar-refractivity contribution in [1.82, 2.24) is 9.80 Å². The van der Waals surface area contributed by atoms with Crippen LogP contribution in [-0.2, 0) is 4.74 Å². The van der Waals surface area contributed by atoms with Gasteiger partial charge in [-0.05, 0) is 57.1 Å². The molecule has 2 aliphatic heterocycles. The Hall–Kier alpha value is -0.460. The highest BCUT2D eigenvalue weighted by Gasteiger charge is 2.33. The predicted molar refractivity (Wildman–Crippen MR) is 94.9 cm³/mol. The fourth-order valence-electron chi connectivity index (χ4n) is 3.93. The van der Waals surface area contributed by atoms with E-state index < -0.39 is 0 Å². The Morgan fingerprint density at radius 2 is 1.96 bits per heavy atom. The van der Waals surface area contributed by atoms with Crippen molar-refractivity contribution in [3.63, 3.8) is 0 Å². The highest BCUT2D eigenvalue weighted by atomic mass is 32.1. The molecule has 1 N–H and O–H groups in total. The van der Waals surface area contributed by atoms with Gasteiger partial charge in [0.05, 0.1) is 19.3 Å². The van der Waals surface area contributed by atoms with Crippen LogP contribution in [0.1, 0.15) is 37.7 Å². The second kappa shape index (κ2) is 7.62. The molecule has 0 aromatic carbocycles. The first kappa shape index (κ1) is 17.4. The van der Waals surface area contributed by atoms with Crippen molar-refractivity contribution in [2.75, 3.05) is 45.9 Å². The lowest BCUT2D eigenvalue weighted by Crippen LogP contribution is -2.56. The molecule has 3 heterocycles. The fraction of sp³-hybridized carbons (Fsp3) is 0.778. The number of nitrogens with zero attached hydrogens (tertiary/aromatic N) is 2. The van der Waals surface area contributed by atoms with Gasteiger partial charge < -0.3 is 14.7 Å². The third kappa shape index (κ3) is 4.34. The van der Waals surface area contributed by atoms with E-state index in [1.165, 1.54) is 0 Å². The molecular formula is C18H30N2O2S. The van der Waals surface area contributed by atoms with E-state index in [4.69, 9.17) is 4.74 Å². The average molecular weight is 339 g/mol. The number of hydrogen-bond donors (Lipinski definition) is 1. The lowest BCUT2D eigenvalue weighted by Gasteiger charge is -2.45. The molecule has 0 saturated carbocycles. The third-order valence-electron chi connectivity index (χ3n) is 5.39. The van der Waals surface area contributed by atoms with Crippen molar-refractivity contribution < 1.29 is 9.84 Å². The molecule has 23 heavy (non-hydrogen) atoms. The summed E-state index contributed by atoms with van der Waals surface area (Å²) in [7, 11) is 0. The molecule has 2 fully saturated rings. The van der Waals surface area contributed by atoms with Crippen LogP contribution in [0.25, 0.3) is 0 Å². The number of piperidine rings is 1. The zero-order valence-electron chi connectivity index (χ0n) is 14.4. The number of aliphatic hydroxyl groups excluding tert-OH is 1. The zero-order chi connectivity index (χ0) is 16.3. The predicted octanol–water partition coefficient (Wildman–Crippen LogP) is 2.60. The number of morpholine rings is 1. The molecule has 1 aromatic rings. The minimum absolute atomic E-state index is 0.197. The molecule has 1 aromatic heterocycles. The summed E-state index contributed by atoms with van der Waals surface area (Å²) in [5, 5.41) is 12.6. The largest absolute Gasteiger partial charge is 0.387 e. The average Bonchev–Trinajstić information content (AvgIpc) is 3.10. The minimum atomic E-state index is -0.274. The van der Waals surface area contributed by atoms with E-state index in [0.717, 1.165) is 63.7 Å². The van der Waals surface area contributed by atoms with Crippen LogP contribution >= 0.6 is 11.3 Å². The first-order chi connectivity index (χ1) is 11.1. The fourth-order valence-corrected chi connectivity index (χ4v) is 4.74. The van der Waals surface area contributed by atoms with E-state index in [2.05, 4.69) is 35.1 Å². The summed E-state index contributed by atoms with van der Waals surface area (Å²) < 4.78 is 5.48. The van der Waals surface area contributed by atoms with Crippen molar-refractivity contribution in [2.45, 2.75) is 38.3 Å². The van der Waals surface area contributed by atoms with Gasteiger partial charge in [-0.15, -0.1) is 11.3 Å². The van der Waals surface area contributed by atoms with E-state index in [1.54, 1.807) is 11.3 Å². The quantitative estimate of drug-likeness (QED) is 0.895. The molecule has 2 aliphatic rings. The van der Waals surface area contributed by atoms with Gasteiger partial charge in [0.2, 0.25) is 0 Å². The summed E-state index contributed by atoms with van der Waals surface area (Å²) in [5.41, 5.74) is 0.197. The Morgan fingerprint density at radius 1 is 1.26 bits per heavy atom. The minimum Gasteiger partial charge on any atom is -0.387 e. The molecule has 0 aliphatic carbocycles. The molecule has 2 saturated heterocycles. The van der Waals surface area contributed by atoms with Gasteiger partial charge in [0.25, 0.3) is 0 Å². The number of aliphatic hydroxyl groups is 1. The highest BCUT2D eigenvalue weighted by molar-refractivity contribution is 7.10. The molecule has 0 spiro atoms. The smallest absolute Gasteiger partial charge is 0.0910 e. The molecule has 4 nitrogen and oxygen atoms in total. The van der Waals surface area contributed by atoms with Gasteiger partial charge in [-0.25, -0.2) is 0 Å². The van der Waals surface area contributed by atoms with Crippen LogP contribution in [0.15, 0.2) is 17.5 Å². The van der Waals surface area contributed by atoms with Gasteiger partial charge in [-0.3, -0.25) is 4.90 Å². The first-order valence-electron chi connectivity index (χ1n) is 8.83. The molecule has 0 radical (unpaired) electrons. The topological polar surface area (TPSA) is 35.9 Å². The Bertz CT molecular complexity index is 463. The Morgan fingerprint density at radius 3 is 2.57 bits per heavy atom. The van der Waals surface area contributed by atoms with Gasteiger partial charge >= 0.3 is 0 Å². The van der Waals surface area contributed by atoms with E-state index >= 15 is 0 Å². The molecule has 130 valence electrons. The monoisotopic (exact) mass is 338 g/mol. The van der Waals surface area contributed by atoms with E-state index in [-0.39, 0.29) is 11.6 Å². The number of thiophene rings is 1. The molecule has 0 bridgehead atoms. The Balaban J connectivity index is 1.48. The lowest BCUT2D eigenvalue weighted by molar-refractivity contribution is -0.0281. The lowest BCUT2D eigenvalue weighted by atomic mass is 9.89. The molecule has 3 rings (SSSR count). The third-order valence-corrected chi connectivity index (χ3v) is 6.33. The van der Waals surface area contributed by atoms with Crippen molar-refractivity contribution >= 4 is 11.3 Å². The van der Waals surface area contributed by atoms with Gasteiger partial charge in [-0.2, -0.15) is 0 Å². The summed E-state index contributed by atoms with van der Waals surface area (Å²) in [5.74, 6) is 0.413. The second-order valence-electron chi connectivity index (χ2n) is 7.49. The summed E-state index contributed by atoms with van der Waals surface area (Å²) >= 11 is 1.67. The number of ether oxygens (including phenoxy) is 1. The second-order valence-corrected chi connectivity index (χ2v) is 8.46. The molecule has 0 amide bonds. The van der Waals surface area contributed by atoms with Gasteiger partial charge in [0.1, 0.15) is 0 Å². The van der Waals surface area contributed by atoms with Crippen LogP contribution in [0.5, 0.6) is 0 Å². The standard InChI is InChI=1S/C18H30N2O2S/c1-18(2,20-9-11-22-12-10-20)14-19-7-5-15(6-8-19)17(21)16-4-3-13-23-16/h3-4,13,15,17,21H,5-12,14H2,1-2H3. The molecule has 1 atom stereocenters. The summed E-state index contributed by atoms with van der Waals surface area (Å²) in [6.07, 6.45) is 1.92. The number of hydrogen-bond acceptors (Lipinski definition) is 5. The Labute approximate surface area is 144 Å². The maximum atomic E-state index is 10.5. The molecular weight excluding hydrogens is 308 g/mol. The van der Waals surface area contributed by atoms with E-state index in [1.807, 2.05) is 6.07 Å². The zero-order valence-corrected chi connectivity index (χ0v) is 15.2. The van der Waals surface area contributed by atoms with Crippen LogP contribution in [-0.4, -0.2) is 66.4 Å². The van der Waals surface area contributed by atoms with Gasteiger partial charge in [0.15, 0.2) is 0 Å². The maximum absolute atomic E-state index is 10.5. The van der Waals surface area contributed by atoms with Gasteiger partial charge in [-0.1, -0.05) is 6.07 Å². The normalized spacial score (nSPS) is 24.0. The van der Waals surface area contributed by atoms with Crippen molar-refractivity contribution in [3.8, 4) is 0 Å². The number of rotatable bonds is 5.